The van der Waals surface area contributed by atoms with Gasteiger partial charge in [0.1, 0.15) is 0 Å². The van der Waals surface area contributed by atoms with Gasteiger partial charge >= 0.3 is 0 Å². The molecular formula is C27H54N2O2. The van der Waals surface area contributed by atoms with E-state index in [4.69, 9.17) is 10.5 Å². The number of epoxide rings is 1. The number of carbonyl (C=O) groups excluding carboxylic acids is 1. The molecule has 2 N–H and O–H groups in total. The van der Waals surface area contributed by atoms with Gasteiger partial charge in [0, 0.05) is 0 Å². The van der Waals surface area contributed by atoms with Crippen molar-refractivity contribution in [2.75, 3.05) is 20.6 Å². The van der Waals surface area contributed by atoms with E-state index in [1.807, 2.05) is 0 Å². The average molecular weight is 439 g/mol. The van der Waals surface area contributed by atoms with Crippen molar-refractivity contribution in [3.63, 3.8) is 0 Å². The first-order chi connectivity index (χ1) is 15.0. The Balaban J connectivity index is 0.00000131. The first kappa shape index (κ1) is 30.1. The van der Waals surface area contributed by atoms with E-state index < -0.39 is 0 Å². The smallest absolute Gasteiger partial charge is 0.249 e. The number of nitrogens with zero attached hydrogens (tertiary/aromatic N) is 1. The van der Waals surface area contributed by atoms with E-state index in [0.29, 0.717) is 0 Å². The fraction of sp³-hybridized carbons (Fsp3) is 0.889. The van der Waals surface area contributed by atoms with Crippen LogP contribution in [0.5, 0.6) is 0 Å². The third-order valence-electron chi connectivity index (χ3n) is 5.78. The maximum atomic E-state index is 10.8. The van der Waals surface area contributed by atoms with Crippen molar-refractivity contribution in [2.24, 2.45) is 5.73 Å². The van der Waals surface area contributed by atoms with Crippen LogP contribution in [0.2, 0.25) is 0 Å². The van der Waals surface area contributed by atoms with Crippen LogP contribution in [0, 0.1) is 0 Å². The van der Waals surface area contributed by atoms with Crippen molar-refractivity contribution in [3.05, 3.63) is 12.2 Å². The Bertz CT molecular complexity index is 423. The lowest BCUT2D eigenvalue weighted by molar-refractivity contribution is -0.119. The second-order valence-electron chi connectivity index (χ2n) is 9.38. The van der Waals surface area contributed by atoms with Gasteiger partial charge in [-0.05, 0) is 59.2 Å². The van der Waals surface area contributed by atoms with Crippen molar-refractivity contribution in [3.8, 4) is 0 Å². The van der Waals surface area contributed by atoms with Crippen molar-refractivity contribution >= 4 is 5.91 Å². The second kappa shape index (κ2) is 22.3. The molecule has 1 aliphatic heterocycles. The van der Waals surface area contributed by atoms with Crippen LogP contribution in [0.4, 0.5) is 0 Å². The molecule has 0 saturated carbocycles. The highest BCUT2D eigenvalue weighted by atomic mass is 16.6. The molecule has 0 radical (unpaired) electrons. The summed E-state index contributed by atoms with van der Waals surface area (Å²) in [5.41, 5.74) is 5.19. The highest BCUT2D eigenvalue weighted by Crippen LogP contribution is 2.27. The molecule has 4 nitrogen and oxygen atoms in total. The van der Waals surface area contributed by atoms with E-state index in [1.54, 1.807) is 0 Å². The Hall–Kier alpha value is -0.870. The standard InChI is InChI=1S/C22H41NO2.C5H13N/c1-2-3-4-5-6-7-8-9-10-11-12-13-14-15-16-17-18-19-20-21(25-20)22(23)24;1-4-5-6(2)3/h9-10,20-21H,2-8,11-19H2,1H3,(H2,23,24);4-5H2,1-3H3/b10-9-;. The van der Waals surface area contributed by atoms with Gasteiger partial charge in [0.15, 0.2) is 6.10 Å². The number of hydrogen-bond acceptors (Lipinski definition) is 3. The lowest BCUT2D eigenvalue weighted by atomic mass is 10.1. The van der Waals surface area contributed by atoms with Gasteiger partial charge in [0.2, 0.25) is 5.91 Å². The number of unbranched alkanes of at least 4 members (excludes halogenated alkanes) is 13. The summed E-state index contributed by atoms with van der Waals surface area (Å²) in [7, 11) is 4.17. The van der Waals surface area contributed by atoms with Gasteiger partial charge in [-0.3, -0.25) is 4.79 Å². The summed E-state index contributed by atoms with van der Waals surface area (Å²) in [5, 5.41) is 0. The molecule has 1 heterocycles. The maximum Gasteiger partial charge on any atom is 0.249 e. The Labute approximate surface area is 194 Å². The van der Waals surface area contributed by atoms with E-state index in [9.17, 15) is 4.79 Å². The highest BCUT2D eigenvalue weighted by molar-refractivity contribution is 5.81. The molecule has 184 valence electrons. The lowest BCUT2D eigenvalue weighted by Gasteiger charge is -2.03. The SMILES string of the molecule is CCCCCCCC/C=C\CCCCCCCCCC1OC1C(N)=O.CCCN(C)C. The zero-order valence-electron chi connectivity index (χ0n) is 21.4. The molecule has 0 aromatic heterocycles. The van der Waals surface area contributed by atoms with Gasteiger partial charge in [-0.25, -0.2) is 0 Å². The normalized spacial score (nSPS) is 17.7. The second-order valence-corrected chi connectivity index (χ2v) is 9.38. The summed E-state index contributed by atoms with van der Waals surface area (Å²) in [4.78, 5) is 13.0. The molecule has 1 rings (SSSR count). The molecule has 1 aliphatic rings. The number of rotatable bonds is 20. The van der Waals surface area contributed by atoms with Gasteiger partial charge < -0.3 is 15.4 Å². The third-order valence-corrected chi connectivity index (χ3v) is 5.78. The molecule has 31 heavy (non-hydrogen) atoms. The molecule has 1 fully saturated rings. The van der Waals surface area contributed by atoms with E-state index in [2.05, 4.69) is 45.0 Å². The van der Waals surface area contributed by atoms with Crippen LogP contribution in [-0.2, 0) is 9.53 Å². The van der Waals surface area contributed by atoms with Crippen LogP contribution in [0.3, 0.4) is 0 Å². The van der Waals surface area contributed by atoms with E-state index in [1.165, 1.54) is 103 Å². The molecule has 1 saturated heterocycles. The van der Waals surface area contributed by atoms with Crippen LogP contribution in [0.1, 0.15) is 123 Å². The third kappa shape index (κ3) is 22.1. The lowest BCUT2D eigenvalue weighted by Crippen LogP contribution is -2.19. The Morgan fingerprint density at radius 3 is 1.65 bits per heavy atom. The molecule has 0 aromatic carbocycles. The molecular weight excluding hydrogens is 384 g/mol. The number of nitrogens with two attached hydrogens (primary N) is 1. The summed E-state index contributed by atoms with van der Waals surface area (Å²) >= 11 is 0. The van der Waals surface area contributed by atoms with E-state index >= 15 is 0 Å². The van der Waals surface area contributed by atoms with Crippen LogP contribution < -0.4 is 5.73 Å². The van der Waals surface area contributed by atoms with Crippen LogP contribution in [-0.4, -0.2) is 43.7 Å². The molecule has 0 bridgehead atoms. The zero-order chi connectivity index (χ0) is 23.2. The largest absolute Gasteiger partial charge is 0.367 e. The van der Waals surface area contributed by atoms with Crippen molar-refractivity contribution in [1.29, 1.82) is 0 Å². The minimum Gasteiger partial charge on any atom is -0.367 e. The minimum absolute atomic E-state index is 0.126. The fourth-order valence-corrected chi connectivity index (χ4v) is 3.83. The van der Waals surface area contributed by atoms with Gasteiger partial charge in [-0.15, -0.1) is 0 Å². The quantitative estimate of drug-likeness (QED) is 0.126. The molecule has 0 spiro atoms. The molecule has 0 aromatic rings. The predicted molar refractivity (Wildman–Crippen MR) is 135 cm³/mol. The number of ether oxygens (including phenoxy) is 1. The predicted octanol–water partition coefficient (Wildman–Crippen LogP) is 7.01. The number of allylic oxidation sites excluding steroid dienone is 2. The topological polar surface area (TPSA) is 58.9 Å². The Kier molecular flexibility index (Phi) is 21.7. The maximum absolute atomic E-state index is 10.8. The zero-order valence-corrected chi connectivity index (χ0v) is 21.4. The molecule has 2 atom stereocenters. The van der Waals surface area contributed by atoms with E-state index in [-0.39, 0.29) is 18.1 Å². The van der Waals surface area contributed by atoms with Crippen molar-refractivity contribution in [2.45, 2.75) is 135 Å². The number of amides is 1. The summed E-state index contributed by atoms with van der Waals surface area (Å²) in [6.45, 7) is 5.66. The number of carbonyl (C=O) groups is 1. The van der Waals surface area contributed by atoms with Gasteiger partial charge in [-0.1, -0.05) is 96.6 Å². The number of primary amides is 1. The molecule has 0 aliphatic carbocycles. The summed E-state index contributed by atoms with van der Waals surface area (Å²) in [5.74, 6) is -0.300. The first-order valence-corrected chi connectivity index (χ1v) is 13.3. The summed E-state index contributed by atoms with van der Waals surface area (Å²) < 4.78 is 5.23. The molecule has 1 amide bonds. The van der Waals surface area contributed by atoms with Crippen LogP contribution >= 0.6 is 0 Å². The number of hydrogen-bond donors (Lipinski definition) is 1. The summed E-state index contributed by atoms with van der Waals surface area (Å²) in [6.07, 6.45) is 26.9. The summed E-state index contributed by atoms with van der Waals surface area (Å²) in [6, 6.07) is 0. The fourth-order valence-electron chi connectivity index (χ4n) is 3.83. The molecule has 2 unspecified atom stereocenters. The van der Waals surface area contributed by atoms with Crippen molar-refractivity contribution in [1.82, 2.24) is 4.90 Å². The van der Waals surface area contributed by atoms with Crippen LogP contribution in [0.25, 0.3) is 0 Å². The van der Waals surface area contributed by atoms with Crippen molar-refractivity contribution < 1.29 is 9.53 Å². The monoisotopic (exact) mass is 438 g/mol. The minimum atomic E-state index is -0.300. The Morgan fingerprint density at radius 2 is 1.26 bits per heavy atom. The molecule has 4 heteroatoms. The van der Waals surface area contributed by atoms with Gasteiger partial charge in [0.05, 0.1) is 6.10 Å². The van der Waals surface area contributed by atoms with Gasteiger partial charge in [-0.2, -0.15) is 0 Å². The Morgan fingerprint density at radius 1 is 0.774 bits per heavy atom. The van der Waals surface area contributed by atoms with Crippen LogP contribution in [0.15, 0.2) is 12.2 Å². The average Bonchev–Trinajstić information content (AvgIpc) is 3.51. The van der Waals surface area contributed by atoms with E-state index in [0.717, 1.165) is 12.8 Å². The highest BCUT2D eigenvalue weighted by Gasteiger charge is 2.42. The first-order valence-electron chi connectivity index (χ1n) is 13.3. The van der Waals surface area contributed by atoms with Gasteiger partial charge in [0.25, 0.3) is 0 Å².